The van der Waals surface area contributed by atoms with Crippen molar-refractivity contribution in [2.75, 3.05) is 20.2 Å². The summed E-state index contributed by atoms with van der Waals surface area (Å²) in [6.07, 6.45) is 4.64. The van der Waals surface area contributed by atoms with Crippen LogP contribution >= 0.6 is 0 Å². The van der Waals surface area contributed by atoms with Crippen LogP contribution in [-0.2, 0) is 17.8 Å². The molecule has 0 saturated carbocycles. The number of nitrogens with zero attached hydrogens (tertiary/aromatic N) is 1. The average molecular weight is 266 g/mol. The summed E-state index contributed by atoms with van der Waals surface area (Å²) in [5, 5.41) is 3.39. The molecule has 0 aliphatic carbocycles. The van der Waals surface area contributed by atoms with Crippen LogP contribution in [0.25, 0.3) is 0 Å². The van der Waals surface area contributed by atoms with E-state index in [0.29, 0.717) is 12.1 Å². The van der Waals surface area contributed by atoms with Crippen molar-refractivity contribution in [3.63, 3.8) is 0 Å². The van der Waals surface area contributed by atoms with Crippen molar-refractivity contribution in [3.8, 4) is 0 Å². The Balaban J connectivity index is 1.75. The number of hydrogen-bond donors (Lipinski definition) is 1. The van der Waals surface area contributed by atoms with Gasteiger partial charge in [0.05, 0.1) is 18.9 Å². The van der Waals surface area contributed by atoms with Crippen LogP contribution in [0.5, 0.6) is 0 Å². The largest absolute Gasteiger partial charge is 0.468 e. The molecule has 0 aromatic carbocycles. The molecule has 1 unspecified atom stereocenters. The molecule has 4 heteroatoms. The highest BCUT2D eigenvalue weighted by Gasteiger charge is 2.17. The highest BCUT2D eigenvalue weighted by atomic mass is 16.5. The number of furan rings is 1. The standard InChI is InChI=1S/C15H26N2O2/c1-12(2)16-8-13-7-15(19-11-13)10-17(3)9-14-5-4-6-18-14/h7,11-12,14,16H,4-6,8-10H2,1-3H3. The van der Waals surface area contributed by atoms with E-state index in [1.165, 1.54) is 18.4 Å². The minimum atomic E-state index is 0.405. The Labute approximate surface area is 116 Å². The van der Waals surface area contributed by atoms with Crippen molar-refractivity contribution in [1.82, 2.24) is 10.2 Å². The van der Waals surface area contributed by atoms with Crippen LogP contribution in [0, 0.1) is 0 Å². The lowest BCUT2D eigenvalue weighted by molar-refractivity contribution is 0.0774. The van der Waals surface area contributed by atoms with E-state index in [1.807, 2.05) is 6.26 Å². The molecule has 1 saturated heterocycles. The Morgan fingerprint density at radius 1 is 1.47 bits per heavy atom. The molecular formula is C15H26N2O2. The molecule has 1 N–H and O–H groups in total. The minimum absolute atomic E-state index is 0.405. The fraction of sp³-hybridized carbons (Fsp3) is 0.733. The minimum Gasteiger partial charge on any atom is -0.468 e. The molecule has 1 aromatic heterocycles. The third-order valence-electron chi connectivity index (χ3n) is 3.39. The number of nitrogens with one attached hydrogen (secondary N) is 1. The van der Waals surface area contributed by atoms with Gasteiger partial charge in [-0.2, -0.15) is 0 Å². The lowest BCUT2D eigenvalue weighted by atomic mass is 10.2. The predicted molar refractivity (Wildman–Crippen MR) is 76.0 cm³/mol. The first-order chi connectivity index (χ1) is 9.13. The maximum atomic E-state index is 5.65. The molecule has 1 aromatic rings. The summed E-state index contributed by atoms with van der Waals surface area (Å²) >= 11 is 0. The molecule has 1 fully saturated rings. The van der Waals surface area contributed by atoms with Crippen LogP contribution in [0.15, 0.2) is 16.7 Å². The normalized spacial score (nSPS) is 19.7. The van der Waals surface area contributed by atoms with Gasteiger partial charge in [0, 0.05) is 31.3 Å². The van der Waals surface area contributed by atoms with Gasteiger partial charge in [0.2, 0.25) is 0 Å². The highest BCUT2D eigenvalue weighted by Crippen LogP contribution is 2.15. The second-order valence-electron chi connectivity index (χ2n) is 5.79. The molecule has 108 valence electrons. The molecular weight excluding hydrogens is 240 g/mol. The summed E-state index contributed by atoms with van der Waals surface area (Å²) in [6.45, 7) is 7.93. The lowest BCUT2D eigenvalue weighted by Gasteiger charge is -2.19. The third-order valence-corrected chi connectivity index (χ3v) is 3.39. The van der Waals surface area contributed by atoms with Crippen LogP contribution in [-0.4, -0.2) is 37.2 Å². The number of hydrogen-bond acceptors (Lipinski definition) is 4. The molecule has 4 nitrogen and oxygen atoms in total. The highest BCUT2D eigenvalue weighted by molar-refractivity contribution is 5.12. The Kier molecular flexibility index (Phi) is 5.43. The lowest BCUT2D eigenvalue weighted by Crippen LogP contribution is -2.28. The van der Waals surface area contributed by atoms with Gasteiger partial charge in [-0.3, -0.25) is 4.90 Å². The Hall–Kier alpha value is -0.840. The van der Waals surface area contributed by atoms with Gasteiger partial charge in [0.25, 0.3) is 0 Å². The van der Waals surface area contributed by atoms with E-state index in [4.69, 9.17) is 9.15 Å². The Morgan fingerprint density at radius 3 is 3.00 bits per heavy atom. The Bertz CT molecular complexity index is 370. The zero-order valence-corrected chi connectivity index (χ0v) is 12.3. The van der Waals surface area contributed by atoms with Crippen molar-refractivity contribution in [2.24, 2.45) is 0 Å². The number of rotatable bonds is 7. The van der Waals surface area contributed by atoms with Gasteiger partial charge in [-0.25, -0.2) is 0 Å². The van der Waals surface area contributed by atoms with Crippen molar-refractivity contribution < 1.29 is 9.15 Å². The third kappa shape index (κ3) is 4.97. The monoisotopic (exact) mass is 266 g/mol. The summed E-state index contributed by atoms with van der Waals surface area (Å²) in [5.74, 6) is 1.03. The van der Waals surface area contributed by atoms with Crippen LogP contribution in [0.1, 0.15) is 38.0 Å². The summed E-state index contributed by atoms with van der Waals surface area (Å²) in [7, 11) is 2.12. The fourth-order valence-corrected chi connectivity index (χ4v) is 2.39. The van der Waals surface area contributed by atoms with Crippen molar-refractivity contribution in [1.29, 1.82) is 0 Å². The smallest absolute Gasteiger partial charge is 0.118 e. The topological polar surface area (TPSA) is 37.6 Å². The molecule has 2 rings (SSSR count). The molecule has 19 heavy (non-hydrogen) atoms. The molecule has 1 aliphatic rings. The van der Waals surface area contributed by atoms with Gasteiger partial charge in [0.1, 0.15) is 5.76 Å². The quantitative estimate of drug-likeness (QED) is 0.822. The SMILES string of the molecule is CC(C)NCc1coc(CN(C)CC2CCCO2)c1. The van der Waals surface area contributed by atoms with Gasteiger partial charge in [-0.15, -0.1) is 0 Å². The second-order valence-corrected chi connectivity index (χ2v) is 5.79. The number of ether oxygens (including phenoxy) is 1. The molecule has 0 amide bonds. The van der Waals surface area contributed by atoms with Crippen molar-refractivity contribution in [2.45, 2.75) is 51.9 Å². The maximum Gasteiger partial charge on any atom is 0.118 e. The Morgan fingerprint density at radius 2 is 2.32 bits per heavy atom. The van der Waals surface area contributed by atoms with E-state index in [0.717, 1.165) is 32.0 Å². The molecule has 0 spiro atoms. The van der Waals surface area contributed by atoms with Gasteiger partial charge in [-0.05, 0) is 26.0 Å². The van der Waals surface area contributed by atoms with Gasteiger partial charge in [-0.1, -0.05) is 13.8 Å². The average Bonchev–Trinajstić information content (AvgIpc) is 2.98. The fourth-order valence-electron chi connectivity index (χ4n) is 2.39. The van der Waals surface area contributed by atoms with E-state index in [1.54, 1.807) is 0 Å². The van der Waals surface area contributed by atoms with Crippen LogP contribution in [0.3, 0.4) is 0 Å². The maximum absolute atomic E-state index is 5.65. The summed E-state index contributed by atoms with van der Waals surface area (Å²) in [6, 6.07) is 2.64. The molecule has 1 aliphatic heterocycles. The zero-order chi connectivity index (χ0) is 13.7. The van der Waals surface area contributed by atoms with Gasteiger partial charge < -0.3 is 14.5 Å². The summed E-state index contributed by atoms with van der Waals surface area (Å²) < 4.78 is 11.3. The van der Waals surface area contributed by atoms with Crippen molar-refractivity contribution in [3.05, 3.63) is 23.7 Å². The summed E-state index contributed by atoms with van der Waals surface area (Å²) in [5.41, 5.74) is 1.22. The van der Waals surface area contributed by atoms with Gasteiger partial charge in [0.15, 0.2) is 0 Å². The van der Waals surface area contributed by atoms with Crippen LogP contribution < -0.4 is 5.32 Å². The second kappa shape index (κ2) is 7.08. The van der Waals surface area contributed by atoms with Gasteiger partial charge >= 0.3 is 0 Å². The predicted octanol–water partition coefficient (Wildman–Crippen LogP) is 2.39. The number of likely N-dealkylation sites (N-methyl/N-ethyl adjacent to an activating group) is 1. The van der Waals surface area contributed by atoms with E-state index in [9.17, 15) is 0 Å². The van der Waals surface area contributed by atoms with E-state index in [-0.39, 0.29) is 0 Å². The first-order valence-corrected chi connectivity index (χ1v) is 7.23. The molecule has 0 radical (unpaired) electrons. The molecule has 1 atom stereocenters. The molecule has 0 bridgehead atoms. The summed E-state index contributed by atoms with van der Waals surface area (Å²) in [4.78, 5) is 2.27. The van der Waals surface area contributed by atoms with E-state index >= 15 is 0 Å². The first-order valence-electron chi connectivity index (χ1n) is 7.23. The van der Waals surface area contributed by atoms with Crippen LogP contribution in [0.4, 0.5) is 0 Å². The van der Waals surface area contributed by atoms with E-state index in [2.05, 4.69) is 37.2 Å². The van der Waals surface area contributed by atoms with E-state index < -0.39 is 0 Å². The zero-order valence-electron chi connectivity index (χ0n) is 12.3. The molecule has 2 heterocycles. The van der Waals surface area contributed by atoms with Crippen LogP contribution in [0.2, 0.25) is 0 Å². The first kappa shape index (κ1) is 14.6. The van der Waals surface area contributed by atoms with Crippen molar-refractivity contribution >= 4 is 0 Å².